The molecule has 0 aliphatic carbocycles. The van der Waals surface area contributed by atoms with Crippen molar-refractivity contribution in [3.63, 3.8) is 0 Å². The summed E-state index contributed by atoms with van der Waals surface area (Å²) >= 11 is 1.41. The van der Waals surface area contributed by atoms with E-state index in [0.717, 1.165) is 11.3 Å². The molecule has 1 unspecified atom stereocenters. The third-order valence-corrected chi connectivity index (χ3v) is 5.18. The number of pyridine rings is 1. The number of hydrogen-bond acceptors (Lipinski definition) is 7. The molecule has 1 aliphatic rings. The highest BCUT2D eigenvalue weighted by Gasteiger charge is 2.35. The van der Waals surface area contributed by atoms with Crippen molar-refractivity contribution < 1.29 is 9.53 Å². The molecular formula is C21H19N5O2S. The minimum atomic E-state index is -0.774. The Kier molecular flexibility index (Phi) is 5.26. The van der Waals surface area contributed by atoms with Crippen molar-refractivity contribution in [2.75, 3.05) is 10.7 Å². The van der Waals surface area contributed by atoms with E-state index in [-0.39, 0.29) is 5.91 Å². The van der Waals surface area contributed by atoms with Crippen molar-refractivity contribution in [3.05, 3.63) is 66.5 Å². The molecule has 0 bridgehead atoms. The summed E-state index contributed by atoms with van der Waals surface area (Å²) in [7, 11) is 0. The van der Waals surface area contributed by atoms with Gasteiger partial charge >= 0.3 is 0 Å². The number of aryl methyl sites for hydroxylation is 1. The number of carbonyl (C=O) groups is 1. The van der Waals surface area contributed by atoms with Gasteiger partial charge in [0.2, 0.25) is 23.2 Å². The van der Waals surface area contributed by atoms with E-state index in [1.165, 1.54) is 18.7 Å². The molecule has 0 saturated carbocycles. The van der Waals surface area contributed by atoms with Gasteiger partial charge in [0.15, 0.2) is 5.69 Å². The number of anilines is 1. The Bertz CT molecular complexity index is 1090. The number of benzene rings is 1. The second-order valence-corrected chi connectivity index (χ2v) is 7.42. The molecule has 0 saturated heterocycles. The van der Waals surface area contributed by atoms with Crippen LogP contribution in [-0.2, 0) is 4.79 Å². The lowest BCUT2D eigenvalue weighted by atomic mass is 10.1. The first-order valence-electron chi connectivity index (χ1n) is 9.06. The Morgan fingerprint density at radius 3 is 2.79 bits per heavy atom. The number of para-hydroxylation sites is 1. The lowest BCUT2D eigenvalue weighted by Gasteiger charge is -2.29. The summed E-state index contributed by atoms with van der Waals surface area (Å²) in [6.45, 7) is 7.12. The Morgan fingerprint density at radius 1 is 1.21 bits per heavy atom. The summed E-state index contributed by atoms with van der Waals surface area (Å²) in [5.41, 5.74) is 3.34. The molecule has 0 fully saturated rings. The van der Waals surface area contributed by atoms with Gasteiger partial charge in [0.1, 0.15) is 5.69 Å². The number of ether oxygens (including phenoxy) is 1. The summed E-state index contributed by atoms with van der Waals surface area (Å²) < 4.78 is 6.26. The van der Waals surface area contributed by atoms with Gasteiger partial charge in [-0.25, -0.2) is 0 Å². The smallest absolute Gasteiger partial charge is 0.247 e. The number of hydrogen-bond donors (Lipinski definition) is 0. The van der Waals surface area contributed by atoms with Crippen LogP contribution in [0.4, 0.5) is 5.69 Å². The fourth-order valence-corrected chi connectivity index (χ4v) is 3.65. The molecule has 1 aromatic carbocycles. The molecule has 0 radical (unpaired) electrons. The SMILES string of the molecule is C=CCSc1nnc2c(n1)OC(c1cccc(C)n1)N(C(C)=O)c1ccccc1-2. The lowest BCUT2D eigenvalue weighted by Crippen LogP contribution is -2.36. The normalized spacial score (nSPS) is 15.0. The van der Waals surface area contributed by atoms with Gasteiger partial charge < -0.3 is 4.74 Å². The van der Waals surface area contributed by atoms with Gasteiger partial charge in [-0.2, -0.15) is 4.98 Å². The van der Waals surface area contributed by atoms with E-state index in [1.807, 2.05) is 49.4 Å². The Morgan fingerprint density at radius 2 is 2.03 bits per heavy atom. The Hall–Kier alpha value is -3.26. The van der Waals surface area contributed by atoms with Crippen LogP contribution in [0.15, 0.2) is 60.3 Å². The van der Waals surface area contributed by atoms with Crippen molar-refractivity contribution in [2.24, 2.45) is 0 Å². The molecule has 4 rings (SSSR count). The first-order valence-corrected chi connectivity index (χ1v) is 10.0. The van der Waals surface area contributed by atoms with Gasteiger partial charge in [0.25, 0.3) is 0 Å². The molecule has 3 heterocycles. The third kappa shape index (κ3) is 3.71. The molecule has 7 nitrogen and oxygen atoms in total. The maximum absolute atomic E-state index is 12.7. The van der Waals surface area contributed by atoms with Gasteiger partial charge in [-0.1, -0.05) is 42.1 Å². The zero-order valence-corrected chi connectivity index (χ0v) is 16.9. The minimum Gasteiger partial charge on any atom is -0.445 e. The largest absolute Gasteiger partial charge is 0.445 e. The number of rotatable bonds is 4. The molecule has 8 heteroatoms. The molecule has 0 spiro atoms. The summed E-state index contributed by atoms with van der Waals surface area (Å²) in [4.78, 5) is 23.4. The van der Waals surface area contributed by atoms with Crippen LogP contribution in [0, 0.1) is 6.92 Å². The number of nitrogens with zero attached hydrogens (tertiary/aromatic N) is 5. The van der Waals surface area contributed by atoms with Crippen LogP contribution in [0.2, 0.25) is 0 Å². The van der Waals surface area contributed by atoms with E-state index in [4.69, 9.17) is 4.74 Å². The topological polar surface area (TPSA) is 81.1 Å². The number of thioether (sulfide) groups is 1. The van der Waals surface area contributed by atoms with Gasteiger partial charge in [-0.3, -0.25) is 14.7 Å². The highest BCUT2D eigenvalue weighted by molar-refractivity contribution is 7.99. The summed E-state index contributed by atoms with van der Waals surface area (Å²) in [6, 6.07) is 13.1. The zero-order chi connectivity index (χ0) is 20.4. The monoisotopic (exact) mass is 405 g/mol. The first kappa shape index (κ1) is 19.1. The summed E-state index contributed by atoms with van der Waals surface area (Å²) in [5, 5.41) is 9.05. The van der Waals surface area contributed by atoms with Crippen molar-refractivity contribution in [3.8, 4) is 17.1 Å². The van der Waals surface area contributed by atoms with Gasteiger partial charge in [0, 0.05) is 23.9 Å². The first-order chi connectivity index (χ1) is 14.1. The molecule has 2 aromatic heterocycles. The van der Waals surface area contributed by atoms with Crippen LogP contribution in [0.1, 0.15) is 24.5 Å². The van der Waals surface area contributed by atoms with Crippen molar-refractivity contribution >= 4 is 23.4 Å². The van der Waals surface area contributed by atoms with Crippen molar-refractivity contribution in [2.45, 2.75) is 25.2 Å². The average Bonchev–Trinajstić information content (AvgIpc) is 2.86. The van der Waals surface area contributed by atoms with Crippen molar-refractivity contribution in [1.29, 1.82) is 0 Å². The number of fused-ring (bicyclic) bond motifs is 3. The highest BCUT2D eigenvalue weighted by Crippen LogP contribution is 2.42. The summed E-state index contributed by atoms with van der Waals surface area (Å²) in [6.07, 6.45) is 0.996. The van der Waals surface area contributed by atoms with Crippen LogP contribution < -0.4 is 9.64 Å². The predicted molar refractivity (Wildman–Crippen MR) is 112 cm³/mol. The van der Waals surface area contributed by atoms with E-state index in [2.05, 4.69) is 26.7 Å². The van der Waals surface area contributed by atoms with Crippen LogP contribution >= 0.6 is 11.8 Å². The van der Waals surface area contributed by atoms with E-state index in [9.17, 15) is 4.79 Å². The quantitative estimate of drug-likeness (QED) is 0.480. The highest BCUT2D eigenvalue weighted by atomic mass is 32.2. The molecular weight excluding hydrogens is 386 g/mol. The van der Waals surface area contributed by atoms with Crippen LogP contribution in [0.5, 0.6) is 5.88 Å². The Labute approximate surface area is 172 Å². The maximum atomic E-state index is 12.7. The maximum Gasteiger partial charge on any atom is 0.247 e. The molecule has 146 valence electrons. The van der Waals surface area contributed by atoms with E-state index >= 15 is 0 Å². The average molecular weight is 405 g/mol. The number of amides is 1. The minimum absolute atomic E-state index is 0.173. The third-order valence-electron chi connectivity index (χ3n) is 4.34. The molecule has 1 amide bonds. The molecule has 1 aliphatic heterocycles. The predicted octanol–water partition coefficient (Wildman–Crippen LogP) is 3.96. The second kappa shape index (κ2) is 8.00. The second-order valence-electron chi connectivity index (χ2n) is 6.43. The molecule has 0 N–H and O–H groups in total. The van der Waals surface area contributed by atoms with Gasteiger partial charge in [0.05, 0.1) is 5.69 Å². The molecule has 1 atom stereocenters. The van der Waals surface area contributed by atoms with Gasteiger partial charge in [-0.05, 0) is 25.1 Å². The van der Waals surface area contributed by atoms with Gasteiger partial charge in [-0.15, -0.1) is 16.8 Å². The standard InChI is InChI=1S/C21H19N5O2S/c1-4-12-29-21-23-19-18(24-25-21)15-9-5-6-11-17(15)26(14(3)27)20(28-19)16-10-7-8-13(2)22-16/h4-11,20H,1,12H2,2-3H3. The van der Waals surface area contributed by atoms with Crippen molar-refractivity contribution in [1.82, 2.24) is 20.2 Å². The summed E-state index contributed by atoms with van der Waals surface area (Å²) in [5.74, 6) is 0.795. The van der Waals surface area contributed by atoms with E-state index in [0.29, 0.717) is 33.9 Å². The Balaban J connectivity index is 1.92. The van der Waals surface area contributed by atoms with E-state index < -0.39 is 6.23 Å². The number of carbonyl (C=O) groups excluding carboxylic acids is 1. The lowest BCUT2D eigenvalue weighted by molar-refractivity contribution is -0.118. The fourth-order valence-electron chi connectivity index (χ4n) is 3.14. The zero-order valence-electron chi connectivity index (χ0n) is 16.1. The molecule has 3 aromatic rings. The van der Waals surface area contributed by atoms with Crippen LogP contribution in [0.3, 0.4) is 0 Å². The van der Waals surface area contributed by atoms with Crippen LogP contribution in [-0.4, -0.2) is 31.8 Å². The van der Waals surface area contributed by atoms with E-state index in [1.54, 1.807) is 11.0 Å². The molecule has 29 heavy (non-hydrogen) atoms. The van der Waals surface area contributed by atoms with Crippen LogP contribution in [0.25, 0.3) is 11.3 Å². The number of aromatic nitrogens is 4. The fraction of sp³-hybridized carbons (Fsp3) is 0.190.